The van der Waals surface area contributed by atoms with Crippen LogP contribution in [0, 0.1) is 0 Å². The molecule has 2 rings (SSSR count). The van der Waals surface area contributed by atoms with Crippen LogP contribution in [0.4, 0.5) is 5.69 Å². The highest BCUT2D eigenvalue weighted by atomic mass is 16.2. The number of anilines is 1. The molecule has 0 aliphatic heterocycles. The van der Waals surface area contributed by atoms with E-state index >= 15 is 0 Å². The average Bonchev–Trinajstić information content (AvgIpc) is 2.86. The second-order valence-electron chi connectivity index (χ2n) is 5.84. The summed E-state index contributed by atoms with van der Waals surface area (Å²) < 4.78 is 1.64. The van der Waals surface area contributed by atoms with E-state index in [4.69, 9.17) is 5.73 Å². The third-order valence-corrected chi connectivity index (χ3v) is 3.52. The summed E-state index contributed by atoms with van der Waals surface area (Å²) in [7, 11) is 0. The summed E-state index contributed by atoms with van der Waals surface area (Å²) in [6, 6.07) is 7.60. The number of carbonyl (C=O) groups is 1. The zero-order valence-corrected chi connectivity index (χ0v) is 12.8. The number of carbonyl (C=O) groups excluding carboxylic acids is 1. The number of aromatic nitrogens is 2. The molecule has 0 fully saturated rings. The van der Waals surface area contributed by atoms with Crippen molar-refractivity contribution in [1.82, 2.24) is 15.1 Å². The van der Waals surface area contributed by atoms with Crippen molar-refractivity contribution >= 4 is 11.6 Å². The summed E-state index contributed by atoms with van der Waals surface area (Å²) in [5.41, 5.74) is 8.24. The minimum atomic E-state index is -0.194. The minimum absolute atomic E-state index is 0.0379. The van der Waals surface area contributed by atoms with E-state index in [1.807, 2.05) is 51.2 Å². The fourth-order valence-corrected chi connectivity index (χ4v) is 1.97. The molecule has 0 aliphatic carbocycles. The molecule has 0 unspecified atom stereocenters. The summed E-state index contributed by atoms with van der Waals surface area (Å²) in [6.45, 7) is 6.27. The Kier molecular flexibility index (Phi) is 4.31. The van der Waals surface area contributed by atoms with E-state index in [-0.39, 0.29) is 18.0 Å². The van der Waals surface area contributed by atoms with Crippen molar-refractivity contribution in [2.45, 2.75) is 39.3 Å². The number of benzene rings is 1. The molecule has 0 aliphatic rings. The Balaban J connectivity index is 2.05. The number of amides is 1. The molecule has 0 radical (unpaired) electrons. The van der Waals surface area contributed by atoms with Crippen LogP contribution in [0.2, 0.25) is 0 Å². The Labute approximate surface area is 125 Å². The third-order valence-electron chi connectivity index (χ3n) is 3.52. The highest BCUT2D eigenvalue weighted by molar-refractivity contribution is 5.76. The van der Waals surface area contributed by atoms with E-state index in [1.54, 1.807) is 10.9 Å². The Morgan fingerprint density at radius 2 is 2.14 bits per heavy atom. The summed E-state index contributed by atoms with van der Waals surface area (Å²) in [5.74, 6) is -0.0379. The number of rotatable bonds is 5. The van der Waals surface area contributed by atoms with E-state index in [2.05, 4.69) is 10.4 Å². The molecule has 0 bridgehead atoms. The second kappa shape index (κ2) is 5.99. The summed E-state index contributed by atoms with van der Waals surface area (Å²) in [6.07, 6.45) is 4.48. The van der Waals surface area contributed by atoms with Crippen molar-refractivity contribution in [3.05, 3.63) is 36.7 Å². The van der Waals surface area contributed by atoms with Crippen LogP contribution < -0.4 is 11.1 Å². The van der Waals surface area contributed by atoms with Crippen molar-refractivity contribution in [2.75, 3.05) is 5.73 Å². The summed E-state index contributed by atoms with van der Waals surface area (Å²) in [5, 5.41) is 7.23. The van der Waals surface area contributed by atoms with Gasteiger partial charge in [0.1, 0.15) is 6.54 Å². The normalized spacial score (nSPS) is 11.4. The van der Waals surface area contributed by atoms with Gasteiger partial charge in [-0.1, -0.05) is 19.1 Å². The number of hydrogen-bond acceptors (Lipinski definition) is 3. The number of nitrogens with zero attached hydrogens (tertiary/aromatic N) is 2. The van der Waals surface area contributed by atoms with Crippen molar-refractivity contribution < 1.29 is 4.79 Å². The van der Waals surface area contributed by atoms with Gasteiger partial charge in [-0.05, 0) is 38.0 Å². The maximum Gasteiger partial charge on any atom is 0.242 e. The Morgan fingerprint density at radius 1 is 1.38 bits per heavy atom. The standard InChI is InChI=1S/C16H22N4O/c1-4-16(2,3)19-15(21)11-20-10-13(9-18-20)12-6-5-7-14(17)8-12/h5-10H,4,11,17H2,1-3H3,(H,19,21). The van der Waals surface area contributed by atoms with Crippen LogP contribution in [0.1, 0.15) is 27.2 Å². The van der Waals surface area contributed by atoms with E-state index in [1.165, 1.54) is 0 Å². The SMILES string of the molecule is CCC(C)(C)NC(=O)Cn1cc(-c2cccc(N)c2)cn1. The Hall–Kier alpha value is -2.30. The van der Waals surface area contributed by atoms with Gasteiger partial charge < -0.3 is 11.1 Å². The van der Waals surface area contributed by atoms with Gasteiger partial charge in [0.15, 0.2) is 0 Å². The van der Waals surface area contributed by atoms with Gasteiger partial charge in [-0.3, -0.25) is 9.48 Å². The quantitative estimate of drug-likeness (QED) is 0.829. The number of nitrogens with two attached hydrogens (primary N) is 1. The highest BCUT2D eigenvalue weighted by Gasteiger charge is 2.18. The Bertz CT molecular complexity index is 631. The fourth-order valence-electron chi connectivity index (χ4n) is 1.97. The van der Waals surface area contributed by atoms with Gasteiger partial charge in [-0.2, -0.15) is 5.10 Å². The monoisotopic (exact) mass is 286 g/mol. The largest absolute Gasteiger partial charge is 0.399 e. The minimum Gasteiger partial charge on any atom is -0.399 e. The molecule has 3 N–H and O–H groups in total. The molecule has 1 aromatic heterocycles. The molecule has 5 nitrogen and oxygen atoms in total. The Morgan fingerprint density at radius 3 is 2.81 bits per heavy atom. The predicted octanol–water partition coefficient (Wildman–Crippen LogP) is 2.44. The molecule has 1 heterocycles. The molecular weight excluding hydrogens is 264 g/mol. The molecule has 2 aromatic rings. The molecule has 21 heavy (non-hydrogen) atoms. The molecule has 112 valence electrons. The highest BCUT2D eigenvalue weighted by Crippen LogP contribution is 2.20. The first-order valence-electron chi connectivity index (χ1n) is 7.09. The van der Waals surface area contributed by atoms with Crippen molar-refractivity contribution in [3.63, 3.8) is 0 Å². The molecule has 0 atom stereocenters. The molecule has 1 amide bonds. The maximum atomic E-state index is 12.0. The number of nitrogens with one attached hydrogen (secondary N) is 1. The molecule has 0 saturated heterocycles. The lowest BCUT2D eigenvalue weighted by Crippen LogP contribution is -2.44. The second-order valence-corrected chi connectivity index (χ2v) is 5.84. The number of hydrogen-bond donors (Lipinski definition) is 2. The van der Waals surface area contributed by atoms with Crippen molar-refractivity contribution in [1.29, 1.82) is 0 Å². The summed E-state index contributed by atoms with van der Waals surface area (Å²) in [4.78, 5) is 12.0. The number of nitrogen functional groups attached to an aromatic ring is 1. The van der Waals surface area contributed by atoms with E-state index in [0.717, 1.165) is 17.5 Å². The van der Waals surface area contributed by atoms with Gasteiger partial charge >= 0.3 is 0 Å². The van der Waals surface area contributed by atoms with Crippen LogP contribution in [0.3, 0.4) is 0 Å². The first kappa shape index (κ1) is 15.1. The summed E-state index contributed by atoms with van der Waals surface area (Å²) >= 11 is 0. The van der Waals surface area contributed by atoms with Gasteiger partial charge in [-0.15, -0.1) is 0 Å². The van der Waals surface area contributed by atoms with Gasteiger partial charge in [-0.25, -0.2) is 0 Å². The average molecular weight is 286 g/mol. The first-order chi connectivity index (χ1) is 9.89. The van der Waals surface area contributed by atoms with Gasteiger partial charge in [0, 0.05) is 23.0 Å². The van der Waals surface area contributed by atoms with Gasteiger partial charge in [0.25, 0.3) is 0 Å². The molecule has 5 heteroatoms. The molecule has 1 aromatic carbocycles. The lowest BCUT2D eigenvalue weighted by Gasteiger charge is -2.24. The van der Waals surface area contributed by atoms with Crippen LogP contribution in [-0.4, -0.2) is 21.2 Å². The van der Waals surface area contributed by atoms with E-state index in [9.17, 15) is 4.79 Å². The van der Waals surface area contributed by atoms with Crippen molar-refractivity contribution in [2.24, 2.45) is 0 Å². The van der Waals surface area contributed by atoms with Crippen molar-refractivity contribution in [3.8, 4) is 11.1 Å². The molecule has 0 spiro atoms. The fraction of sp³-hybridized carbons (Fsp3) is 0.375. The van der Waals surface area contributed by atoms with E-state index < -0.39 is 0 Å². The molecular formula is C16H22N4O. The predicted molar refractivity (Wildman–Crippen MR) is 84.6 cm³/mol. The topological polar surface area (TPSA) is 72.9 Å². The van der Waals surface area contributed by atoms with Gasteiger partial charge in [0.2, 0.25) is 5.91 Å². The third kappa shape index (κ3) is 4.08. The lowest BCUT2D eigenvalue weighted by molar-refractivity contribution is -0.123. The van der Waals surface area contributed by atoms with Crippen LogP contribution >= 0.6 is 0 Å². The van der Waals surface area contributed by atoms with Crippen LogP contribution in [0.25, 0.3) is 11.1 Å². The lowest BCUT2D eigenvalue weighted by atomic mass is 10.0. The van der Waals surface area contributed by atoms with Crippen LogP contribution in [0.15, 0.2) is 36.7 Å². The zero-order valence-electron chi connectivity index (χ0n) is 12.8. The first-order valence-corrected chi connectivity index (χ1v) is 7.09. The smallest absolute Gasteiger partial charge is 0.242 e. The van der Waals surface area contributed by atoms with Gasteiger partial charge in [0.05, 0.1) is 6.20 Å². The van der Waals surface area contributed by atoms with Crippen LogP contribution in [0.5, 0.6) is 0 Å². The zero-order chi connectivity index (χ0) is 15.5. The van der Waals surface area contributed by atoms with E-state index in [0.29, 0.717) is 5.69 Å². The molecule has 0 saturated carbocycles. The maximum absolute atomic E-state index is 12.0. The van der Waals surface area contributed by atoms with Crippen LogP contribution in [-0.2, 0) is 11.3 Å².